The van der Waals surface area contributed by atoms with Gasteiger partial charge >= 0.3 is 0 Å². The van der Waals surface area contributed by atoms with Crippen LogP contribution in [0.25, 0.3) is 10.1 Å². The summed E-state index contributed by atoms with van der Waals surface area (Å²) >= 11 is 1.53. The predicted molar refractivity (Wildman–Crippen MR) is 73.2 cm³/mol. The molecule has 0 aliphatic heterocycles. The Hall–Kier alpha value is -1.00. The number of rotatable bonds is 2. The van der Waals surface area contributed by atoms with E-state index in [0.717, 1.165) is 27.1 Å². The monoisotopic (exact) mass is 269 g/mol. The molecule has 1 N–H and O–H groups in total. The zero-order valence-electron chi connectivity index (χ0n) is 11.0. The van der Waals surface area contributed by atoms with E-state index in [4.69, 9.17) is 0 Å². The Bertz CT molecular complexity index is 581. The molecule has 4 heteroatoms. The van der Waals surface area contributed by atoms with E-state index >= 15 is 0 Å². The number of hydrogen-bond donors (Lipinski definition) is 1. The topological polar surface area (TPSA) is 12.0 Å². The molecule has 1 aromatic heterocycles. The zero-order chi connectivity index (χ0) is 13.5. The van der Waals surface area contributed by atoms with Crippen LogP contribution in [0, 0.1) is 11.6 Å². The molecule has 98 valence electrons. The number of nitrogens with one attached hydrogen (secondary N) is 1. The Morgan fingerprint density at radius 2 is 1.78 bits per heavy atom. The highest BCUT2D eigenvalue weighted by molar-refractivity contribution is 7.19. The third-order valence-electron chi connectivity index (χ3n) is 2.89. The highest BCUT2D eigenvalue weighted by Crippen LogP contribution is 2.39. The molecular formula is C14H17F2NS. The largest absolute Gasteiger partial charge is 0.315 e. The smallest absolute Gasteiger partial charge is 0.160 e. The minimum absolute atomic E-state index is 0.0886. The van der Waals surface area contributed by atoms with Gasteiger partial charge in [0.25, 0.3) is 0 Å². The second-order valence-corrected chi connectivity index (χ2v) is 6.58. The molecule has 0 atom stereocenters. The summed E-state index contributed by atoms with van der Waals surface area (Å²) in [6.07, 6.45) is 0. The fourth-order valence-corrected chi connectivity index (χ4v) is 3.68. The molecule has 0 unspecified atom stereocenters. The molecule has 0 amide bonds. The van der Waals surface area contributed by atoms with Gasteiger partial charge in [0.15, 0.2) is 11.6 Å². The summed E-state index contributed by atoms with van der Waals surface area (Å²) in [5.41, 5.74) is 1.02. The second-order valence-electron chi connectivity index (χ2n) is 5.44. The van der Waals surface area contributed by atoms with Crippen molar-refractivity contribution < 1.29 is 8.78 Å². The Labute approximate surface area is 110 Å². The number of hydrogen-bond acceptors (Lipinski definition) is 2. The van der Waals surface area contributed by atoms with Crippen LogP contribution < -0.4 is 5.32 Å². The van der Waals surface area contributed by atoms with Gasteiger partial charge in [-0.05, 0) is 35.5 Å². The molecule has 0 radical (unpaired) electrons. The number of benzene rings is 1. The standard InChI is InChI=1S/C14H17F2NS/c1-14(2,3)13-8-5-9(15)10(16)6-11(8)18-12(13)7-17-4/h5-6,17H,7H2,1-4H3. The van der Waals surface area contributed by atoms with Crippen LogP contribution in [-0.4, -0.2) is 7.05 Å². The zero-order valence-corrected chi connectivity index (χ0v) is 11.8. The summed E-state index contributed by atoms with van der Waals surface area (Å²) in [4.78, 5) is 1.14. The molecule has 0 saturated heterocycles. The van der Waals surface area contributed by atoms with E-state index in [-0.39, 0.29) is 5.41 Å². The number of fused-ring (bicyclic) bond motifs is 1. The van der Waals surface area contributed by atoms with Crippen LogP contribution in [-0.2, 0) is 12.0 Å². The summed E-state index contributed by atoms with van der Waals surface area (Å²) in [5.74, 6) is -1.55. The van der Waals surface area contributed by atoms with E-state index in [1.54, 1.807) is 0 Å². The molecule has 18 heavy (non-hydrogen) atoms. The highest BCUT2D eigenvalue weighted by Gasteiger charge is 2.24. The molecule has 2 aromatic rings. The molecule has 0 saturated carbocycles. The summed E-state index contributed by atoms with van der Waals surface area (Å²) in [7, 11) is 1.87. The van der Waals surface area contributed by atoms with Gasteiger partial charge in [-0.15, -0.1) is 11.3 Å². The van der Waals surface area contributed by atoms with E-state index in [1.165, 1.54) is 23.5 Å². The number of thiophene rings is 1. The quantitative estimate of drug-likeness (QED) is 0.861. The van der Waals surface area contributed by atoms with Crippen molar-refractivity contribution in [1.29, 1.82) is 0 Å². The van der Waals surface area contributed by atoms with Crippen molar-refractivity contribution >= 4 is 21.4 Å². The third kappa shape index (κ3) is 2.27. The molecule has 0 aliphatic rings. The third-order valence-corrected chi connectivity index (χ3v) is 4.04. The Morgan fingerprint density at radius 3 is 2.33 bits per heavy atom. The minimum atomic E-state index is -0.778. The van der Waals surface area contributed by atoms with Crippen molar-refractivity contribution in [3.05, 3.63) is 34.2 Å². The number of halogens is 2. The fourth-order valence-electron chi connectivity index (χ4n) is 2.25. The summed E-state index contributed by atoms with van der Waals surface area (Å²) in [6.45, 7) is 6.99. The first-order chi connectivity index (χ1) is 8.34. The van der Waals surface area contributed by atoms with Crippen LogP contribution in [0.4, 0.5) is 8.78 Å². The summed E-state index contributed by atoms with van der Waals surface area (Å²) in [6, 6.07) is 2.62. The summed E-state index contributed by atoms with van der Waals surface area (Å²) in [5, 5.41) is 3.94. The Balaban J connectivity index is 2.77. The van der Waals surface area contributed by atoms with Crippen LogP contribution >= 0.6 is 11.3 Å². The van der Waals surface area contributed by atoms with Crippen LogP contribution in [0.2, 0.25) is 0 Å². The SMILES string of the molecule is CNCc1sc2cc(F)c(F)cc2c1C(C)(C)C. The molecular weight excluding hydrogens is 252 g/mol. The minimum Gasteiger partial charge on any atom is -0.315 e. The average molecular weight is 269 g/mol. The Morgan fingerprint density at radius 1 is 1.17 bits per heavy atom. The molecule has 1 heterocycles. The fraction of sp³-hybridized carbons (Fsp3) is 0.429. The van der Waals surface area contributed by atoms with Crippen LogP contribution in [0.5, 0.6) is 0 Å². The van der Waals surface area contributed by atoms with E-state index in [0.29, 0.717) is 0 Å². The van der Waals surface area contributed by atoms with E-state index in [1.807, 2.05) is 7.05 Å². The molecule has 2 rings (SSSR count). The van der Waals surface area contributed by atoms with Crippen molar-refractivity contribution in [2.75, 3.05) is 7.05 Å². The lowest BCUT2D eigenvalue weighted by molar-refractivity contribution is 0.510. The average Bonchev–Trinajstić information content (AvgIpc) is 2.56. The van der Waals surface area contributed by atoms with Crippen LogP contribution in [0.1, 0.15) is 31.2 Å². The molecule has 0 spiro atoms. The maximum Gasteiger partial charge on any atom is 0.160 e. The lowest BCUT2D eigenvalue weighted by atomic mass is 9.85. The van der Waals surface area contributed by atoms with Crippen molar-refractivity contribution in [2.24, 2.45) is 0 Å². The van der Waals surface area contributed by atoms with E-state index in [2.05, 4.69) is 26.1 Å². The first-order valence-electron chi connectivity index (χ1n) is 5.90. The Kier molecular flexibility index (Phi) is 3.43. The first-order valence-corrected chi connectivity index (χ1v) is 6.71. The van der Waals surface area contributed by atoms with Crippen molar-refractivity contribution in [1.82, 2.24) is 5.32 Å². The van der Waals surface area contributed by atoms with Gasteiger partial charge in [0.2, 0.25) is 0 Å². The van der Waals surface area contributed by atoms with Gasteiger partial charge < -0.3 is 5.32 Å². The molecule has 1 nitrogen and oxygen atoms in total. The maximum absolute atomic E-state index is 13.4. The van der Waals surface area contributed by atoms with Gasteiger partial charge in [0, 0.05) is 16.1 Å². The van der Waals surface area contributed by atoms with Gasteiger partial charge in [-0.3, -0.25) is 0 Å². The maximum atomic E-state index is 13.4. The highest BCUT2D eigenvalue weighted by atomic mass is 32.1. The van der Waals surface area contributed by atoms with Crippen LogP contribution in [0.3, 0.4) is 0 Å². The van der Waals surface area contributed by atoms with Crippen molar-refractivity contribution in [2.45, 2.75) is 32.7 Å². The lowest BCUT2D eigenvalue weighted by Gasteiger charge is -2.20. The predicted octanol–water partition coefficient (Wildman–Crippen LogP) is 4.20. The summed E-state index contributed by atoms with van der Waals surface area (Å²) < 4.78 is 27.5. The molecule has 0 aliphatic carbocycles. The van der Waals surface area contributed by atoms with E-state index < -0.39 is 11.6 Å². The molecule has 1 aromatic carbocycles. The van der Waals surface area contributed by atoms with E-state index in [9.17, 15) is 8.78 Å². The van der Waals surface area contributed by atoms with Crippen molar-refractivity contribution in [3.8, 4) is 0 Å². The normalized spacial score (nSPS) is 12.3. The first kappa shape index (κ1) is 13.4. The van der Waals surface area contributed by atoms with Gasteiger partial charge in [0.1, 0.15) is 0 Å². The lowest BCUT2D eigenvalue weighted by Crippen LogP contribution is -2.15. The van der Waals surface area contributed by atoms with Gasteiger partial charge in [0.05, 0.1) is 0 Å². The molecule has 0 fully saturated rings. The molecule has 0 bridgehead atoms. The van der Waals surface area contributed by atoms with Gasteiger partial charge in [-0.25, -0.2) is 8.78 Å². The van der Waals surface area contributed by atoms with Crippen LogP contribution in [0.15, 0.2) is 12.1 Å². The van der Waals surface area contributed by atoms with Crippen molar-refractivity contribution in [3.63, 3.8) is 0 Å². The second kappa shape index (κ2) is 4.59. The van der Waals surface area contributed by atoms with Gasteiger partial charge in [-0.1, -0.05) is 20.8 Å². The van der Waals surface area contributed by atoms with Gasteiger partial charge in [-0.2, -0.15) is 0 Å².